The topological polar surface area (TPSA) is 0 Å². The van der Waals surface area contributed by atoms with Crippen molar-refractivity contribution in [3.8, 4) is 44.5 Å². The fraction of sp³-hybridized carbons (Fsp3) is 0.196. The van der Waals surface area contributed by atoms with Crippen LogP contribution in [0.5, 0.6) is 0 Å². The summed E-state index contributed by atoms with van der Waals surface area (Å²) < 4.78 is 0. The Balaban J connectivity index is 0.000000146. The van der Waals surface area contributed by atoms with Crippen LogP contribution in [-0.2, 0) is 33.7 Å². The standard InChI is InChI=1S/2C45H37.C2H6Si.2ClH.Zr/c2*1-2-4-14-30(13-3-1)25-31-26-42-40(44-36-19-9-5-15-32(36)28-33-16-6-10-20-37(33)44)23-24-41(43(42)27-31)45-38-21-11-7-17-34(38)29-35-18-8-12-22-39(35)45;1-3-2;;;/h2*5-12,15-24,26-30H,1-4,13-14,25H2;1-2H3;2*1H;/q2*-1;;;;+4/p-2. The summed E-state index contributed by atoms with van der Waals surface area (Å²) in [6, 6.07) is 101. The maximum absolute atomic E-state index is 4.93. The molecule has 0 saturated heterocycles. The van der Waals surface area contributed by atoms with Gasteiger partial charge in [0.2, 0.25) is 0 Å². The van der Waals surface area contributed by atoms with Gasteiger partial charge in [-0.25, -0.2) is 0 Å². The third kappa shape index (κ3) is 12.9. The molecule has 2 saturated carbocycles. The van der Waals surface area contributed by atoms with E-state index in [9.17, 15) is 0 Å². The van der Waals surface area contributed by atoms with Gasteiger partial charge in [0.1, 0.15) is 0 Å². The molecule has 2 aliphatic carbocycles. The van der Waals surface area contributed by atoms with Crippen molar-refractivity contribution in [2.75, 3.05) is 0 Å². The van der Waals surface area contributed by atoms with Crippen molar-refractivity contribution >= 4 is 134 Å². The summed E-state index contributed by atoms with van der Waals surface area (Å²) >= 11 is -0.826. The Kier molecular flexibility index (Phi) is 19.6. The van der Waals surface area contributed by atoms with Crippen molar-refractivity contribution < 1.29 is 20.8 Å². The van der Waals surface area contributed by atoms with Crippen LogP contribution >= 0.6 is 17.0 Å². The van der Waals surface area contributed by atoms with Gasteiger partial charge in [-0.2, -0.15) is 12.1 Å². The third-order valence-corrected chi connectivity index (χ3v) is 21.1. The summed E-state index contributed by atoms with van der Waals surface area (Å²) in [5.74, 6) is 1.57. The van der Waals surface area contributed by atoms with E-state index in [4.69, 9.17) is 17.0 Å². The number of halogens is 2. The van der Waals surface area contributed by atoms with Crippen LogP contribution in [0.3, 0.4) is 0 Å². The first kappa shape index (κ1) is 64.1. The minimum atomic E-state index is -0.826. The molecule has 0 nitrogen and oxygen atoms in total. The molecule has 0 atom stereocenters. The number of rotatable bonds is 8. The Labute approximate surface area is 587 Å². The molecule has 0 heterocycles. The van der Waals surface area contributed by atoms with Crippen LogP contribution in [0.2, 0.25) is 13.1 Å². The van der Waals surface area contributed by atoms with Crippen LogP contribution < -0.4 is 0 Å². The Hall–Kier alpha value is -7.94. The van der Waals surface area contributed by atoms with Gasteiger partial charge in [0.05, 0.1) is 0 Å². The maximum Gasteiger partial charge on any atom is -0.0107 e. The molecule has 0 bridgehead atoms. The van der Waals surface area contributed by atoms with E-state index in [-0.39, 0.29) is 0 Å². The maximum atomic E-state index is 4.93. The molecule has 0 aromatic heterocycles. The van der Waals surface area contributed by atoms with Gasteiger partial charge in [-0.1, -0.05) is 331 Å². The first-order valence-electron chi connectivity index (χ1n) is 35.1. The van der Waals surface area contributed by atoms with Crippen LogP contribution in [-0.4, -0.2) is 9.52 Å². The number of benzene rings is 14. The molecule has 0 unspecified atom stereocenters. The zero-order chi connectivity index (χ0) is 64.9. The average Bonchev–Trinajstić information content (AvgIpc) is 1.37. The largest absolute Gasteiger partial charge is 0.164 e. The summed E-state index contributed by atoms with van der Waals surface area (Å²) in [4.78, 5) is 0. The molecule has 0 aliphatic heterocycles. The normalized spacial score (nSPS) is 14.0. The van der Waals surface area contributed by atoms with E-state index in [0.29, 0.717) is 0 Å². The molecular weight excluding hydrogens is 1300 g/mol. The number of fused-ring (bicyclic) bond motifs is 10. The van der Waals surface area contributed by atoms with Crippen molar-refractivity contribution in [2.24, 2.45) is 11.8 Å². The molecule has 2 radical (unpaired) electrons. The van der Waals surface area contributed by atoms with E-state index in [1.807, 2.05) is 0 Å². The Bertz CT molecular complexity index is 4590. The van der Waals surface area contributed by atoms with Gasteiger partial charge in [0.25, 0.3) is 0 Å². The van der Waals surface area contributed by atoms with Crippen molar-refractivity contribution in [3.05, 3.63) is 278 Å². The van der Waals surface area contributed by atoms with Gasteiger partial charge >= 0.3 is 37.9 Å². The predicted molar refractivity (Wildman–Crippen MR) is 420 cm³/mol. The summed E-state index contributed by atoms with van der Waals surface area (Å²) in [5, 5.41) is 26.5. The average molecular weight is 1380 g/mol. The summed E-state index contributed by atoms with van der Waals surface area (Å²) in [6.07, 6.45) is 18.9. The second-order valence-electron chi connectivity index (χ2n) is 27.2. The molecule has 2 fully saturated rings. The number of hydrogen-bond acceptors (Lipinski definition) is 0. The van der Waals surface area contributed by atoms with Crippen molar-refractivity contribution in [1.29, 1.82) is 0 Å². The van der Waals surface area contributed by atoms with Gasteiger partial charge in [-0.05, 0) is 157 Å². The first-order chi connectivity index (χ1) is 47.5. The van der Waals surface area contributed by atoms with Crippen LogP contribution in [0.4, 0.5) is 0 Å². The second-order valence-corrected chi connectivity index (χ2v) is 31.9. The molecule has 96 heavy (non-hydrogen) atoms. The fourth-order valence-corrected chi connectivity index (χ4v) is 16.8. The Morgan fingerprint density at radius 1 is 0.292 bits per heavy atom. The van der Waals surface area contributed by atoms with Gasteiger partial charge in [0.15, 0.2) is 0 Å². The van der Waals surface area contributed by atoms with Gasteiger partial charge in [-0.15, -0.1) is 44.8 Å². The van der Waals surface area contributed by atoms with Gasteiger partial charge < -0.3 is 0 Å². The van der Waals surface area contributed by atoms with Gasteiger partial charge in [-0.3, -0.25) is 0 Å². The SMILES string of the molecule is C[Si]C.[Cl][Zr+2][Cl].c1ccc2c(-c3ccc(-c4c5ccccc5cc5ccccc45)c4[cH-]c(CC5CCCCCC5)cc34)c3ccccc3cc2c1.c1ccc2c(-c3ccc(-c4c5ccccc5cc5ccccc45)c4[cH-]c(CC5CCCCCC5)cc34)c3ccccc3cc2c1. The van der Waals surface area contributed by atoms with E-state index in [0.717, 1.165) is 21.4 Å². The molecule has 2 aliphatic rings. The van der Waals surface area contributed by atoms with Crippen molar-refractivity contribution in [1.82, 2.24) is 0 Å². The molecule has 4 heteroatoms. The fourth-order valence-electron chi connectivity index (χ4n) is 16.8. The second kappa shape index (κ2) is 29.4. The minimum Gasteiger partial charge on any atom is -0.164 e. The first-order valence-corrected chi connectivity index (χ1v) is 43.4. The number of hydrogen-bond donors (Lipinski definition) is 0. The molecular formula is C92H80Cl2SiZr. The van der Waals surface area contributed by atoms with Crippen LogP contribution in [0.1, 0.15) is 88.2 Å². The Morgan fingerprint density at radius 2 is 0.500 bits per heavy atom. The summed E-state index contributed by atoms with van der Waals surface area (Å²) in [5.41, 5.74) is 13.8. The molecule has 0 amide bonds. The third-order valence-electron chi connectivity index (χ3n) is 21.1. The van der Waals surface area contributed by atoms with Crippen LogP contribution in [0.25, 0.3) is 152 Å². The Morgan fingerprint density at radius 3 is 0.740 bits per heavy atom. The van der Waals surface area contributed by atoms with E-state index in [2.05, 4.69) is 280 Å². The zero-order valence-electron chi connectivity index (χ0n) is 55.2. The van der Waals surface area contributed by atoms with Crippen LogP contribution in [0, 0.1) is 11.8 Å². The smallest absolute Gasteiger partial charge is 0.0107 e. The zero-order valence-corrected chi connectivity index (χ0v) is 60.2. The molecule has 0 N–H and O–H groups in total. The summed E-state index contributed by atoms with van der Waals surface area (Å²) in [6.45, 7) is 4.31. The van der Waals surface area contributed by atoms with Crippen molar-refractivity contribution in [2.45, 2.75) is 103 Å². The summed E-state index contributed by atoms with van der Waals surface area (Å²) in [7, 11) is 11.0. The minimum absolute atomic E-state index is 0.785. The molecule has 18 rings (SSSR count). The monoisotopic (exact) mass is 1370 g/mol. The predicted octanol–water partition coefficient (Wildman–Crippen LogP) is 28.2. The molecule has 16 aromatic rings. The van der Waals surface area contributed by atoms with E-state index in [1.165, 1.54) is 253 Å². The van der Waals surface area contributed by atoms with E-state index >= 15 is 0 Å². The van der Waals surface area contributed by atoms with E-state index < -0.39 is 20.8 Å². The van der Waals surface area contributed by atoms with E-state index in [1.54, 1.807) is 0 Å². The van der Waals surface area contributed by atoms with Gasteiger partial charge in [0, 0.05) is 9.52 Å². The van der Waals surface area contributed by atoms with Crippen LogP contribution in [0.15, 0.2) is 267 Å². The molecule has 470 valence electrons. The molecule has 0 spiro atoms. The molecule has 16 aromatic carbocycles. The van der Waals surface area contributed by atoms with Crippen molar-refractivity contribution in [3.63, 3.8) is 0 Å². The quantitative estimate of drug-likeness (QED) is 0.0616.